The fraction of sp³-hybridized carbons (Fsp3) is 1.00. The van der Waals surface area contributed by atoms with Crippen LogP contribution in [0.1, 0.15) is 52.9 Å². The van der Waals surface area contributed by atoms with Crippen LogP contribution in [-0.2, 0) is 0 Å². The molecule has 2 nitrogen and oxygen atoms in total. The summed E-state index contributed by atoms with van der Waals surface area (Å²) in [5.41, 5.74) is 6.78. The van der Waals surface area contributed by atoms with Gasteiger partial charge in [0.05, 0.1) is 0 Å². The van der Waals surface area contributed by atoms with Crippen molar-refractivity contribution in [3.8, 4) is 0 Å². The van der Waals surface area contributed by atoms with Crippen molar-refractivity contribution in [1.82, 2.24) is 4.90 Å². The maximum Gasteiger partial charge on any atom is 0.0382 e. The van der Waals surface area contributed by atoms with Crippen molar-refractivity contribution in [3.05, 3.63) is 0 Å². The Morgan fingerprint density at radius 1 is 1.28 bits per heavy atom. The van der Waals surface area contributed by atoms with Crippen molar-refractivity contribution in [3.63, 3.8) is 0 Å². The van der Waals surface area contributed by atoms with Gasteiger partial charge >= 0.3 is 0 Å². The number of rotatable bonds is 6. The van der Waals surface area contributed by atoms with Gasteiger partial charge in [-0.2, -0.15) is 11.8 Å². The van der Waals surface area contributed by atoms with E-state index in [1.807, 2.05) is 11.8 Å². The van der Waals surface area contributed by atoms with Crippen LogP contribution in [0.2, 0.25) is 0 Å². The van der Waals surface area contributed by atoms with Gasteiger partial charge in [0.1, 0.15) is 0 Å². The minimum atomic E-state index is 0.196. The van der Waals surface area contributed by atoms with Crippen LogP contribution in [0.25, 0.3) is 0 Å². The molecule has 1 saturated carbocycles. The van der Waals surface area contributed by atoms with Gasteiger partial charge in [-0.1, -0.05) is 33.6 Å². The molecule has 0 amide bonds. The molecule has 1 aliphatic rings. The first kappa shape index (κ1) is 16.3. The van der Waals surface area contributed by atoms with E-state index in [2.05, 4.69) is 39.0 Å². The molecule has 18 heavy (non-hydrogen) atoms. The molecule has 108 valence electrons. The van der Waals surface area contributed by atoms with E-state index in [1.54, 1.807) is 0 Å². The summed E-state index contributed by atoms with van der Waals surface area (Å²) in [6, 6.07) is 0.654. The van der Waals surface area contributed by atoms with Crippen molar-refractivity contribution >= 4 is 11.8 Å². The second kappa shape index (κ2) is 6.62. The van der Waals surface area contributed by atoms with Gasteiger partial charge in [-0.3, -0.25) is 4.90 Å². The van der Waals surface area contributed by atoms with Crippen molar-refractivity contribution in [2.24, 2.45) is 11.1 Å². The van der Waals surface area contributed by atoms with Crippen LogP contribution in [0.5, 0.6) is 0 Å². The Morgan fingerprint density at radius 3 is 2.33 bits per heavy atom. The Balaban J connectivity index is 2.97. The Hall–Kier alpha value is 0.270. The summed E-state index contributed by atoms with van der Waals surface area (Å²) in [6.07, 6.45) is 8.69. The van der Waals surface area contributed by atoms with Gasteiger partial charge in [0, 0.05) is 23.9 Å². The first-order valence-electron chi connectivity index (χ1n) is 7.37. The van der Waals surface area contributed by atoms with Gasteiger partial charge in [0.25, 0.3) is 0 Å². The van der Waals surface area contributed by atoms with Gasteiger partial charge in [-0.25, -0.2) is 0 Å². The Morgan fingerprint density at radius 2 is 1.89 bits per heavy atom. The van der Waals surface area contributed by atoms with Crippen LogP contribution in [0.15, 0.2) is 0 Å². The first-order chi connectivity index (χ1) is 8.45. The molecule has 2 N–H and O–H groups in total. The topological polar surface area (TPSA) is 29.3 Å². The van der Waals surface area contributed by atoms with E-state index in [4.69, 9.17) is 5.73 Å². The van der Waals surface area contributed by atoms with Crippen molar-refractivity contribution in [2.75, 3.05) is 25.6 Å². The molecule has 0 heterocycles. The van der Waals surface area contributed by atoms with Crippen LogP contribution in [-0.4, -0.2) is 42.1 Å². The standard InChI is InChI=1S/C15H32N2S/c1-6-13(11-18-5)17(4)15(12-16)10-8-7-9-14(15,2)3/h13H,6-12,16H2,1-5H3. The normalized spacial score (nSPS) is 29.5. The molecule has 0 aliphatic heterocycles. The third-order valence-corrected chi connectivity index (χ3v) is 6.01. The van der Waals surface area contributed by atoms with Crippen LogP contribution in [0.3, 0.4) is 0 Å². The van der Waals surface area contributed by atoms with Crippen molar-refractivity contribution < 1.29 is 0 Å². The lowest BCUT2D eigenvalue weighted by Crippen LogP contribution is -2.65. The first-order valence-corrected chi connectivity index (χ1v) is 8.76. The summed E-state index contributed by atoms with van der Waals surface area (Å²) in [6.45, 7) is 7.93. The number of hydrogen-bond acceptors (Lipinski definition) is 3. The molecule has 0 aromatic carbocycles. The molecule has 1 aliphatic carbocycles. The van der Waals surface area contributed by atoms with E-state index in [0.29, 0.717) is 11.5 Å². The molecule has 1 rings (SSSR count). The lowest BCUT2D eigenvalue weighted by Gasteiger charge is -2.57. The number of thioether (sulfide) groups is 1. The molecule has 0 spiro atoms. The zero-order chi connectivity index (χ0) is 13.8. The second-order valence-electron chi connectivity index (χ2n) is 6.46. The van der Waals surface area contributed by atoms with E-state index in [9.17, 15) is 0 Å². The maximum absolute atomic E-state index is 6.25. The summed E-state index contributed by atoms with van der Waals surface area (Å²) >= 11 is 1.95. The summed E-state index contributed by atoms with van der Waals surface area (Å²) in [7, 11) is 2.31. The highest BCUT2D eigenvalue weighted by atomic mass is 32.2. The van der Waals surface area contributed by atoms with Crippen LogP contribution >= 0.6 is 11.8 Å². The van der Waals surface area contributed by atoms with Gasteiger partial charge in [-0.05, 0) is 38.0 Å². The molecule has 1 fully saturated rings. The number of nitrogens with zero attached hydrogens (tertiary/aromatic N) is 1. The van der Waals surface area contributed by atoms with Crippen molar-refractivity contribution in [2.45, 2.75) is 64.5 Å². The van der Waals surface area contributed by atoms with Crippen LogP contribution in [0, 0.1) is 5.41 Å². The minimum absolute atomic E-state index is 0.196. The summed E-state index contributed by atoms with van der Waals surface area (Å²) in [4.78, 5) is 2.63. The lowest BCUT2D eigenvalue weighted by molar-refractivity contribution is -0.0478. The van der Waals surface area contributed by atoms with Gasteiger partial charge in [-0.15, -0.1) is 0 Å². The Labute approximate surface area is 118 Å². The van der Waals surface area contributed by atoms with Crippen molar-refractivity contribution in [1.29, 1.82) is 0 Å². The number of hydrogen-bond donors (Lipinski definition) is 1. The molecular weight excluding hydrogens is 240 g/mol. The third kappa shape index (κ3) is 2.88. The summed E-state index contributed by atoms with van der Waals surface area (Å²) in [5.74, 6) is 1.21. The van der Waals surface area contributed by atoms with Gasteiger partial charge in [0.15, 0.2) is 0 Å². The van der Waals surface area contributed by atoms with E-state index >= 15 is 0 Å². The lowest BCUT2D eigenvalue weighted by atomic mass is 9.62. The molecular formula is C15H32N2S. The summed E-state index contributed by atoms with van der Waals surface area (Å²) < 4.78 is 0. The second-order valence-corrected chi connectivity index (χ2v) is 7.37. The minimum Gasteiger partial charge on any atom is -0.329 e. The SMILES string of the molecule is CCC(CSC)N(C)C1(CN)CCCCC1(C)C. The average Bonchev–Trinajstić information content (AvgIpc) is 2.35. The monoisotopic (exact) mass is 272 g/mol. The molecule has 0 saturated heterocycles. The zero-order valence-corrected chi connectivity index (χ0v) is 13.8. The number of likely N-dealkylation sites (N-methyl/N-ethyl adjacent to an activating group) is 1. The highest BCUT2D eigenvalue weighted by Crippen LogP contribution is 2.47. The molecule has 0 bridgehead atoms. The highest BCUT2D eigenvalue weighted by molar-refractivity contribution is 7.98. The predicted octanol–water partition coefficient (Wildman–Crippen LogP) is 3.36. The smallest absolute Gasteiger partial charge is 0.0382 e. The van der Waals surface area contributed by atoms with E-state index in [1.165, 1.54) is 37.9 Å². The van der Waals surface area contributed by atoms with Crippen LogP contribution < -0.4 is 5.73 Å². The molecule has 2 atom stereocenters. The van der Waals surface area contributed by atoms with Gasteiger partial charge < -0.3 is 5.73 Å². The quantitative estimate of drug-likeness (QED) is 0.804. The fourth-order valence-electron chi connectivity index (χ4n) is 3.78. The number of nitrogens with two attached hydrogens (primary N) is 1. The summed E-state index contributed by atoms with van der Waals surface area (Å²) in [5, 5.41) is 0. The molecule has 0 aromatic rings. The highest BCUT2D eigenvalue weighted by Gasteiger charge is 2.49. The molecule has 0 radical (unpaired) electrons. The van der Waals surface area contributed by atoms with Crippen LogP contribution in [0.4, 0.5) is 0 Å². The zero-order valence-electron chi connectivity index (χ0n) is 13.0. The maximum atomic E-state index is 6.25. The average molecular weight is 273 g/mol. The molecule has 3 heteroatoms. The largest absolute Gasteiger partial charge is 0.329 e. The van der Waals surface area contributed by atoms with Gasteiger partial charge in [0.2, 0.25) is 0 Å². The Bertz CT molecular complexity index is 255. The van der Waals surface area contributed by atoms with E-state index < -0.39 is 0 Å². The third-order valence-electron chi connectivity index (χ3n) is 5.29. The molecule has 2 unspecified atom stereocenters. The fourth-order valence-corrected chi connectivity index (χ4v) is 4.62. The Kier molecular flexibility index (Phi) is 6.01. The van der Waals surface area contributed by atoms with E-state index in [-0.39, 0.29) is 5.54 Å². The van der Waals surface area contributed by atoms with E-state index in [0.717, 1.165) is 6.54 Å². The predicted molar refractivity (Wildman–Crippen MR) is 84.3 cm³/mol. The molecule has 0 aromatic heterocycles.